The van der Waals surface area contributed by atoms with E-state index < -0.39 is 5.97 Å². The molecule has 8 heteroatoms. The maximum absolute atomic E-state index is 11.0. The summed E-state index contributed by atoms with van der Waals surface area (Å²) in [5, 5.41) is 13.9. The van der Waals surface area contributed by atoms with Crippen molar-refractivity contribution < 1.29 is 9.90 Å². The van der Waals surface area contributed by atoms with Gasteiger partial charge < -0.3 is 9.51 Å². The van der Waals surface area contributed by atoms with Crippen LogP contribution in [0.25, 0.3) is 16.8 Å². The second-order valence-electron chi connectivity index (χ2n) is 5.89. The zero-order valence-electron chi connectivity index (χ0n) is 13.6. The molecule has 7 nitrogen and oxygen atoms in total. The molecular weight excluding hydrogens is 354 g/mol. The molecule has 4 aromatic rings. The van der Waals surface area contributed by atoms with E-state index in [9.17, 15) is 4.79 Å². The van der Waals surface area contributed by atoms with Gasteiger partial charge >= 0.3 is 5.97 Å². The Bertz CT molecular complexity index is 1090. The summed E-state index contributed by atoms with van der Waals surface area (Å²) in [4.78, 5) is 19.5. The van der Waals surface area contributed by atoms with Gasteiger partial charge in [0.1, 0.15) is 5.65 Å². The van der Waals surface area contributed by atoms with Gasteiger partial charge in [-0.05, 0) is 17.7 Å². The maximum Gasteiger partial charge on any atom is 0.309 e. The molecule has 26 heavy (non-hydrogen) atoms. The van der Waals surface area contributed by atoms with Gasteiger partial charge in [0, 0.05) is 42.1 Å². The highest BCUT2D eigenvalue weighted by Crippen LogP contribution is 2.27. The summed E-state index contributed by atoms with van der Waals surface area (Å²) in [5.41, 5.74) is 3.82. The lowest BCUT2D eigenvalue weighted by molar-refractivity contribution is -0.136. The zero-order chi connectivity index (χ0) is 18.1. The lowest BCUT2D eigenvalue weighted by Gasteiger charge is -2.03. The third-order valence-corrected chi connectivity index (χ3v) is 4.12. The number of fused-ring (bicyclic) bond motifs is 1. The fourth-order valence-corrected chi connectivity index (χ4v) is 3.05. The standard InChI is InChI=1S/C18H14ClN5O2/c19-14-4-16(18-22-15(5-17(25)26)11-23(18)10-14)13-7-21-24(9-13)8-12-2-1-3-20-6-12/h1-4,6-7,9-11H,5,8H2,(H,25,26). The maximum atomic E-state index is 11.0. The first-order valence-corrected chi connectivity index (χ1v) is 8.27. The van der Waals surface area contributed by atoms with Crippen molar-refractivity contribution >= 4 is 23.2 Å². The summed E-state index contributed by atoms with van der Waals surface area (Å²) < 4.78 is 3.55. The molecule has 0 radical (unpaired) electrons. The van der Waals surface area contributed by atoms with Crippen LogP contribution >= 0.6 is 11.6 Å². The number of rotatable bonds is 5. The Morgan fingerprint density at radius 3 is 2.88 bits per heavy atom. The molecule has 0 unspecified atom stereocenters. The predicted molar refractivity (Wildman–Crippen MR) is 96.1 cm³/mol. The topological polar surface area (TPSA) is 85.3 Å². The molecular formula is C18H14ClN5O2. The van der Waals surface area contributed by atoms with Crippen molar-refractivity contribution in [3.63, 3.8) is 0 Å². The molecule has 0 saturated carbocycles. The number of hydrogen-bond donors (Lipinski definition) is 1. The van der Waals surface area contributed by atoms with Crippen molar-refractivity contribution in [2.24, 2.45) is 0 Å². The largest absolute Gasteiger partial charge is 0.481 e. The zero-order valence-corrected chi connectivity index (χ0v) is 14.3. The third-order valence-electron chi connectivity index (χ3n) is 3.91. The van der Waals surface area contributed by atoms with Crippen molar-refractivity contribution in [2.75, 3.05) is 0 Å². The summed E-state index contributed by atoms with van der Waals surface area (Å²) in [7, 11) is 0. The molecule has 0 aromatic carbocycles. The Hall–Kier alpha value is -3.19. The number of nitrogens with zero attached hydrogens (tertiary/aromatic N) is 5. The predicted octanol–water partition coefficient (Wildman–Crippen LogP) is 2.92. The summed E-state index contributed by atoms with van der Waals surface area (Å²) >= 11 is 6.22. The molecule has 1 N–H and O–H groups in total. The molecule has 0 fully saturated rings. The van der Waals surface area contributed by atoms with Crippen LogP contribution in [0.4, 0.5) is 0 Å². The molecule has 4 heterocycles. The number of imidazole rings is 1. The normalized spacial score (nSPS) is 11.1. The van der Waals surface area contributed by atoms with Crippen LogP contribution < -0.4 is 0 Å². The fourth-order valence-electron chi connectivity index (χ4n) is 2.84. The van der Waals surface area contributed by atoms with Crippen LogP contribution in [-0.2, 0) is 17.8 Å². The van der Waals surface area contributed by atoms with E-state index in [0.29, 0.717) is 22.9 Å². The van der Waals surface area contributed by atoms with Crippen molar-refractivity contribution in [3.8, 4) is 11.1 Å². The van der Waals surface area contributed by atoms with Crippen molar-refractivity contribution in [2.45, 2.75) is 13.0 Å². The first kappa shape index (κ1) is 16.3. The summed E-state index contributed by atoms with van der Waals surface area (Å²) in [6, 6.07) is 5.67. The van der Waals surface area contributed by atoms with E-state index >= 15 is 0 Å². The highest BCUT2D eigenvalue weighted by molar-refractivity contribution is 6.30. The number of hydrogen-bond acceptors (Lipinski definition) is 4. The van der Waals surface area contributed by atoms with E-state index in [2.05, 4.69) is 15.1 Å². The number of aromatic nitrogens is 5. The monoisotopic (exact) mass is 367 g/mol. The highest BCUT2D eigenvalue weighted by atomic mass is 35.5. The minimum atomic E-state index is -0.926. The number of aliphatic carboxylic acids is 1. The lowest BCUT2D eigenvalue weighted by atomic mass is 10.1. The van der Waals surface area contributed by atoms with Gasteiger partial charge in [-0.25, -0.2) is 4.98 Å². The van der Waals surface area contributed by atoms with Gasteiger partial charge in [-0.15, -0.1) is 0 Å². The van der Waals surface area contributed by atoms with Crippen LogP contribution in [0.3, 0.4) is 0 Å². The summed E-state index contributed by atoms with van der Waals surface area (Å²) in [6.07, 6.45) is 10.4. The quantitative estimate of drug-likeness (QED) is 0.586. The van der Waals surface area contributed by atoms with E-state index in [0.717, 1.165) is 16.7 Å². The summed E-state index contributed by atoms with van der Waals surface area (Å²) in [5.74, 6) is -0.926. The Labute approximate surface area is 153 Å². The van der Waals surface area contributed by atoms with E-state index in [4.69, 9.17) is 16.7 Å². The number of pyridine rings is 2. The SMILES string of the molecule is O=C(O)Cc1cn2cc(Cl)cc(-c3cnn(Cc4cccnc4)c3)c2n1. The Morgan fingerprint density at radius 1 is 1.23 bits per heavy atom. The van der Waals surface area contributed by atoms with Crippen LogP contribution in [0.15, 0.2) is 55.4 Å². The minimum Gasteiger partial charge on any atom is -0.481 e. The van der Waals surface area contributed by atoms with Crippen molar-refractivity contribution in [3.05, 3.63) is 71.7 Å². The van der Waals surface area contributed by atoms with Gasteiger partial charge in [-0.3, -0.25) is 14.5 Å². The van der Waals surface area contributed by atoms with Crippen LogP contribution in [0.2, 0.25) is 5.02 Å². The van der Waals surface area contributed by atoms with E-state index in [-0.39, 0.29) is 6.42 Å². The van der Waals surface area contributed by atoms with Crippen LogP contribution in [0, 0.1) is 0 Å². The van der Waals surface area contributed by atoms with Gasteiger partial charge in [0.05, 0.1) is 29.9 Å². The van der Waals surface area contributed by atoms with Crippen LogP contribution in [-0.4, -0.2) is 35.2 Å². The minimum absolute atomic E-state index is 0.140. The summed E-state index contributed by atoms with van der Waals surface area (Å²) in [6.45, 7) is 0.601. The fraction of sp³-hybridized carbons (Fsp3) is 0.111. The van der Waals surface area contributed by atoms with Gasteiger partial charge in [0.2, 0.25) is 0 Å². The molecule has 130 valence electrons. The smallest absolute Gasteiger partial charge is 0.309 e. The van der Waals surface area contributed by atoms with Crippen molar-refractivity contribution in [1.29, 1.82) is 0 Å². The van der Waals surface area contributed by atoms with Gasteiger partial charge in [-0.2, -0.15) is 5.10 Å². The van der Waals surface area contributed by atoms with Crippen LogP contribution in [0.5, 0.6) is 0 Å². The highest BCUT2D eigenvalue weighted by Gasteiger charge is 2.13. The first-order valence-electron chi connectivity index (χ1n) is 7.89. The molecule has 0 aliphatic carbocycles. The number of carboxylic acids is 1. The molecule has 0 aliphatic heterocycles. The Morgan fingerprint density at radius 2 is 2.12 bits per heavy atom. The second kappa shape index (κ2) is 6.61. The third kappa shape index (κ3) is 3.29. The van der Waals surface area contributed by atoms with Crippen molar-refractivity contribution in [1.82, 2.24) is 24.1 Å². The molecule has 4 aromatic heterocycles. The molecule has 0 saturated heterocycles. The lowest BCUT2D eigenvalue weighted by Crippen LogP contribution is -1.99. The molecule has 0 atom stereocenters. The van der Waals surface area contributed by atoms with Gasteiger partial charge in [-0.1, -0.05) is 17.7 Å². The molecule has 0 aliphatic rings. The average Bonchev–Trinajstić information content (AvgIpc) is 3.21. The van der Waals surface area contributed by atoms with Crippen LogP contribution in [0.1, 0.15) is 11.3 Å². The van der Waals surface area contributed by atoms with E-state index in [1.165, 1.54) is 0 Å². The van der Waals surface area contributed by atoms with E-state index in [1.807, 2.05) is 23.0 Å². The first-order chi connectivity index (χ1) is 12.6. The molecule has 0 bridgehead atoms. The second-order valence-corrected chi connectivity index (χ2v) is 6.33. The average molecular weight is 368 g/mol. The van der Waals surface area contributed by atoms with Gasteiger partial charge in [0.15, 0.2) is 0 Å². The van der Waals surface area contributed by atoms with Gasteiger partial charge in [0.25, 0.3) is 0 Å². The van der Waals surface area contributed by atoms with E-state index in [1.54, 1.807) is 41.5 Å². The Kier molecular flexibility index (Phi) is 4.14. The number of halogens is 1. The number of carboxylic acid groups (broad SMARTS) is 1. The molecule has 0 amide bonds. The molecule has 0 spiro atoms. The Balaban J connectivity index is 1.72. The molecule has 4 rings (SSSR count). The number of carbonyl (C=O) groups is 1.